The quantitative estimate of drug-likeness (QED) is 0.376. The van der Waals surface area contributed by atoms with E-state index in [0.29, 0.717) is 25.1 Å². The fraction of sp³-hybridized carbons (Fsp3) is 0.600. The fourth-order valence-corrected chi connectivity index (χ4v) is 0.741. The van der Waals surface area contributed by atoms with Gasteiger partial charge >= 0.3 is 5.97 Å². The Morgan fingerprint density at radius 3 is 2.53 bits per heavy atom. The van der Waals surface area contributed by atoms with Crippen molar-refractivity contribution in [1.82, 2.24) is 5.32 Å². The van der Waals surface area contributed by atoms with E-state index in [1.54, 1.807) is 6.92 Å². The summed E-state index contributed by atoms with van der Waals surface area (Å²) in [5, 5.41) is 2.59. The van der Waals surface area contributed by atoms with Gasteiger partial charge in [-0.2, -0.15) is 0 Å². The van der Waals surface area contributed by atoms with Crippen LogP contribution in [0.25, 0.3) is 0 Å². The third-order valence-corrected chi connectivity index (χ3v) is 1.54. The minimum absolute atomic E-state index is 0.122. The summed E-state index contributed by atoms with van der Waals surface area (Å²) in [5.41, 5.74) is 0.348. The summed E-state index contributed by atoms with van der Waals surface area (Å²) in [5.74, 6) is -0.565. The van der Waals surface area contributed by atoms with Gasteiger partial charge in [0.25, 0.3) is 0 Å². The highest BCUT2D eigenvalue weighted by atomic mass is 16.5. The number of hydrogen-bond acceptors (Lipinski definition) is 4. The molecular weight excluding hydrogens is 198 g/mol. The summed E-state index contributed by atoms with van der Waals surface area (Å²) in [6.07, 6.45) is 0.310. The molecular formula is C10H17NO4. The zero-order valence-electron chi connectivity index (χ0n) is 9.17. The lowest BCUT2D eigenvalue weighted by Crippen LogP contribution is -2.28. The molecule has 0 atom stereocenters. The largest absolute Gasteiger partial charge is 0.460 e. The highest BCUT2D eigenvalue weighted by Gasteiger charge is 2.03. The van der Waals surface area contributed by atoms with Crippen molar-refractivity contribution in [1.29, 1.82) is 0 Å². The number of ether oxygens (including phenoxy) is 2. The molecule has 86 valence electrons. The van der Waals surface area contributed by atoms with Gasteiger partial charge in [-0.25, -0.2) is 4.79 Å². The maximum Gasteiger partial charge on any atom is 0.333 e. The molecule has 0 aromatic heterocycles. The van der Waals surface area contributed by atoms with Crippen LogP contribution in [-0.2, 0) is 19.1 Å². The summed E-state index contributed by atoms with van der Waals surface area (Å²) >= 11 is 0. The lowest BCUT2D eigenvalue weighted by atomic mass is 10.4. The summed E-state index contributed by atoms with van der Waals surface area (Å²) in [4.78, 5) is 21.9. The van der Waals surface area contributed by atoms with E-state index in [4.69, 9.17) is 9.47 Å². The lowest BCUT2D eigenvalue weighted by molar-refractivity contribution is -0.139. The summed E-state index contributed by atoms with van der Waals surface area (Å²) < 4.78 is 9.50. The van der Waals surface area contributed by atoms with E-state index in [-0.39, 0.29) is 12.5 Å². The van der Waals surface area contributed by atoms with Gasteiger partial charge in [0, 0.05) is 19.1 Å². The SMILES string of the molecule is C=C(C)C(=O)OCCNC(=O)CCOC. The van der Waals surface area contributed by atoms with Crippen LogP contribution in [0, 0.1) is 0 Å². The monoisotopic (exact) mass is 215 g/mol. The predicted octanol–water partition coefficient (Wildman–Crippen LogP) is 0.258. The first-order valence-corrected chi connectivity index (χ1v) is 4.66. The lowest BCUT2D eigenvalue weighted by Gasteiger charge is -2.06. The normalized spacial score (nSPS) is 9.47. The number of esters is 1. The number of methoxy groups -OCH3 is 1. The van der Waals surface area contributed by atoms with Crippen LogP contribution in [0.3, 0.4) is 0 Å². The molecule has 5 nitrogen and oxygen atoms in total. The molecule has 0 unspecified atom stereocenters. The van der Waals surface area contributed by atoms with E-state index in [1.165, 1.54) is 7.11 Å². The van der Waals surface area contributed by atoms with Crippen molar-refractivity contribution >= 4 is 11.9 Å². The van der Waals surface area contributed by atoms with Gasteiger partial charge in [-0.1, -0.05) is 6.58 Å². The molecule has 0 aromatic rings. The summed E-state index contributed by atoms with van der Waals surface area (Å²) in [7, 11) is 1.53. The van der Waals surface area contributed by atoms with Crippen molar-refractivity contribution in [3.05, 3.63) is 12.2 Å². The van der Waals surface area contributed by atoms with Crippen LogP contribution >= 0.6 is 0 Å². The third kappa shape index (κ3) is 7.69. The molecule has 1 N–H and O–H groups in total. The second kappa shape index (κ2) is 7.99. The van der Waals surface area contributed by atoms with Gasteiger partial charge in [0.15, 0.2) is 0 Å². The molecule has 0 aromatic carbocycles. The predicted molar refractivity (Wildman–Crippen MR) is 55.3 cm³/mol. The van der Waals surface area contributed by atoms with Crippen LogP contribution in [0.15, 0.2) is 12.2 Å². The Morgan fingerprint density at radius 2 is 2.00 bits per heavy atom. The second-order valence-corrected chi connectivity index (χ2v) is 3.01. The molecule has 0 aliphatic carbocycles. The Labute approximate surface area is 89.4 Å². The molecule has 0 heterocycles. The van der Waals surface area contributed by atoms with Crippen molar-refractivity contribution in [2.75, 3.05) is 26.9 Å². The molecule has 0 rings (SSSR count). The molecule has 0 saturated carbocycles. The topological polar surface area (TPSA) is 64.6 Å². The third-order valence-electron chi connectivity index (χ3n) is 1.54. The van der Waals surface area contributed by atoms with Crippen LogP contribution < -0.4 is 5.32 Å². The molecule has 0 radical (unpaired) electrons. The summed E-state index contributed by atoms with van der Waals surface area (Å²) in [6.45, 7) is 5.85. The number of carbonyl (C=O) groups is 2. The second-order valence-electron chi connectivity index (χ2n) is 3.01. The molecule has 0 aliphatic heterocycles. The maximum absolute atomic E-state index is 11.0. The Morgan fingerprint density at radius 1 is 1.33 bits per heavy atom. The average molecular weight is 215 g/mol. The molecule has 0 bridgehead atoms. The first-order valence-electron chi connectivity index (χ1n) is 4.66. The molecule has 5 heteroatoms. The summed E-state index contributed by atoms with van der Waals surface area (Å²) in [6, 6.07) is 0. The van der Waals surface area contributed by atoms with Crippen LogP contribution in [0.4, 0.5) is 0 Å². The van der Waals surface area contributed by atoms with Crippen LogP contribution in [-0.4, -0.2) is 38.7 Å². The number of carbonyl (C=O) groups excluding carboxylic acids is 2. The standard InChI is InChI=1S/C10H17NO4/c1-8(2)10(13)15-7-5-11-9(12)4-6-14-3/h1,4-7H2,2-3H3,(H,11,12). The van der Waals surface area contributed by atoms with Crippen molar-refractivity contribution in [2.45, 2.75) is 13.3 Å². The highest BCUT2D eigenvalue weighted by Crippen LogP contribution is 1.90. The van der Waals surface area contributed by atoms with E-state index >= 15 is 0 Å². The van der Waals surface area contributed by atoms with E-state index < -0.39 is 5.97 Å². The molecule has 1 amide bonds. The zero-order chi connectivity index (χ0) is 11.7. The van der Waals surface area contributed by atoms with Crippen molar-refractivity contribution in [2.24, 2.45) is 0 Å². The Bertz CT molecular complexity index is 238. The van der Waals surface area contributed by atoms with Gasteiger partial charge in [-0.3, -0.25) is 4.79 Å². The van der Waals surface area contributed by atoms with E-state index in [9.17, 15) is 9.59 Å². The average Bonchev–Trinajstić information content (AvgIpc) is 2.20. The van der Waals surface area contributed by atoms with Crippen LogP contribution in [0.1, 0.15) is 13.3 Å². The van der Waals surface area contributed by atoms with Gasteiger partial charge in [-0.05, 0) is 6.92 Å². The zero-order valence-corrected chi connectivity index (χ0v) is 9.17. The van der Waals surface area contributed by atoms with E-state index in [1.807, 2.05) is 0 Å². The van der Waals surface area contributed by atoms with Gasteiger partial charge in [0.1, 0.15) is 6.61 Å². The van der Waals surface area contributed by atoms with Crippen LogP contribution in [0.5, 0.6) is 0 Å². The van der Waals surface area contributed by atoms with Crippen molar-refractivity contribution in [3.63, 3.8) is 0 Å². The van der Waals surface area contributed by atoms with E-state index in [2.05, 4.69) is 11.9 Å². The minimum atomic E-state index is -0.443. The van der Waals surface area contributed by atoms with Gasteiger partial charge in [0.05, 0.1) is 13.2 Å². The molecule has 15 heavy (non-hydrogen) atoms. The molecule has 0 fully saturated rings. The minimum Gasteiger partial charge on any atom is -0.460 e. The number of nitrogens with one attached hydrogen (secondary N) is 1. The number of amides is 1. The Hall–Kier alpha value is -1.36. The van der Waals surface area contributed by atoms with Gasteiger partial charge in [-0.15, -0.1) is 0 Å². The van der Waals surface area contributed by atoms with Gasteiger partial charge in [0.2, 0.25) is 5.91 Å². The smallest absolute Gasteiger partial charge is 0.333 e. The molecule has 0 spiro atoms. The maximum atomic E-state index is 11.0. The molecule has 0 aliphatic rings. The van der Waals surface area contributed by atoms with Gasteiger partial charge < -0.3 is 14.8 Å². The highest BCUT2D eigenvalue weighted by molar-refractivity contribution is 5.86. The first kappa shape index (κ1) is 13.6. The molecule has 0 saturated heterocycles. The van der Waals surface area contributed by atoms with E-state index in [0.717, 1.165) is 0 Å². The van der Waals surface area contributed by atoms with Crippen molar-refractivity contribution < 1.29 is 19.1 Å². The Balaban J connectivity index is 3.42. The van der Waals surface area contributed by atoms with Crippen LogP contribution in [0.2, 0.25) is 0 Å². The number of hydrogen-bond donors (Lipinski definition) is 1. The number of rotatable bonds is 7. The van der Waals surface area contributed by atoms with Crippen molar-refractivity contribution in [3.8, 4) is 0 Å². The first-order chi connectivity index (χ1) is 7.07. The Kier molecular flexibility index (Phi) is 7.27. The fourth-order valence-electron chi connectivity index (χ4n) is 0.741.